The summed E-state index contributed by atoms with van der Waals surface area (Å²) in [6.07, 6.45) is -9.55. The lowest BCUT2D eigenvalue weighted by Crippen LogP contribution is -2.38. The number of unbranched alkanes of at least 4 members (excludes halogenated alkanes) is 1. The number of halogens is 6. The summed E-state index contributed by atoms with van der Waals surface area (Å²) in [6.45, 7) is -1.78. The zero-order chi connectivity index (χ0) is 14.2. The van der Waals surface area contributed by atoms with Gasteiger partial charge in [0.15, 0.2) is 0 Å². The molecule has 0 aliphatic rings. The summed E-state index contributed by atoms with van der Waals surface area (Å²) < 4.78 is 70.2. The summed E-state index contributed by atoms with van der Waals surface area (Å²) in [5.41, 5.74) is 0. The van der Waals surface area contributed by atoms with Crippen LogP contribution in [0.25, 0.3) is 0 Å². The van der Waals surface area contributed by atoms with Crippen molar-refractivity contribution < 1.29 is 31.1 Å². The van der Waals surface area contributed by atoms with Crippen LogP contribution in [0.4, 0.5) is 26.3 Å². The van der Waals surface area contributed by atoms with E-state index in [-0.39, 0.29) is 19.4 Å². The molecule has 0 aromatic heterocycles. The van der Waals surface area contributed by atoms with Crippen molar-refractivity contribution in [2.24, 2.45) is 0 Å². The fourth-order valence-corrected chi connectivity index (χ4v) is 1.06. The Kier molecular flexibility index (Phi) is 7.04. The highest BCUT2D eigenvalue weighted by Gasteiger charge is 2.27. The van der Waals surface area contributed by atoms with Crippen molar-refractivity contribution >= 4 is 5.91 Å². The lowest BCUT2D eigenvalue weighted by atomic mass is 10.2. The zero-order valence-electron chi connectivity index (χ0n) is 9.42. The highest BCUT2D eigenvalue weighted by Crippen LogP contribution is 2.21. The number of rotatable bonds is 7. The predicted molar refractivity (Wildman–Crippen MR) is 51.8 cm³/mol. The molecule has 0 saturated carbocycles. The van der Waals surface area contributed by atoms with Crippen LogP contribution < -0.4 is 10.6 Å². The molecule has 0 aromatic rings. The molecular formula is C9H14F6N2O. The minimum atomic E-state index is -4.40. The van der Waals surface area contributed by atoms with Gasteiger partial charge in [-0.05, 0) is 12.8 Å². The van der Waals surface area contributed by atoms with Gasteiger partial charge in [-0.1, -0.05) is 0 Å². The highest BCUT2D eigenvalue weighted by atomic mass is 19.4. The van der Waals surface area contributed by atoms with Crippen molar-refractivity contribution in [1.29, 1.82) is 0 Å². The average molecular weight is 280 g/mol. The molecular weight excluding hydrogens is 266 g/mol. The van der Waals surface area contributed by atoms with Gasteiger partial charge in [-0.25, -0.2) is 0 Å². The molecule has 0 fully saturated rings. The number of carbonyl (C=O) groups excluding carboxylic acids is 1. The third kappa shape index (κ3) is 13.1. The maximum Gasteiger partial charge on any atom is 0.401 e. The number of hydrogen-bond donors (Lipinski definition) is 2. The Morgan fingerprint density at radius 1 is 0.944 bits per heavy atom. The Morgan fingerprint density at radius 2 is 1.56 bits per heavy atom. The van der Waals surface area contributed by atoms with Gasteiger partial charge < -0.3 is 10.6 Å². The maximum atomic E-state index is 11.7. The summed E-state index contributed by atoms with van der Waals surface area (Å²) in [4.78, 5) is 10.9. The number of carbonyl (C=O) groups is 1. The standard InChI is InChI=1S/C9H14F6N2O/c10-8(11,12)3-1-2-4-17-7(18)5-16-6-9(13,14)15/h16H,1-6H2,(H,17,18). The molecule has 108 valence electrons. The van der Waals surface area contributed by atoms with Crippen LogP contribution in [0.2, 0.25) is 0 Å². The van der Waals surface area contributed by atoms with E-state index in [1.165, 1.54) is 0 Å². The van der Waals surface area contributed by atoms with Crippen LogP contribution in [0.5, 0.6) is 0 Å². The van der Waals surface area contributed by atoms with Crippen LogP contribution in [0, 0.1) is 0 Å². The number of nitrogens with one attached hydrogen (secondary N) is 2. The van der Waals surface area contributed by atoms with Crippen LogP contribution in [0.15, 0.2) is 0 Å². The lowest BCUT2D eigenvalue weighted by molar-refractivity contribution is -0.135. The monoisotopic (exact) mass is 280 g/mol. The van der Waals surface area contributed by atoms with E-state index >= 15 is 0 Å². The number of amides is 1. The molecule has 0 radical (unpaired) electrons. The first-order valence-corrected chi connectivity index (χ1v) is 5.21. The molecule has 0 rings (SSSR count). The molecule has 2 N–H and O–H groups in total. The molecule has 0 heterocycles. The van der Waals surface area contributed by atoms with E-state index in [9.17, 15) is 31.1 Å². The third-order valence-electron chi connectivity index (χ3n) is 1.82. The van der Waals surface area contributed by atoms with Crippen molar-refractivity contribution in [3.8, 4) is 0 Å². The van der Waals surface area contributed by atoms with Crippen molar-refractivity contribution in [2.45, 2.75) is 31.6 Å². The first-order valence-electron chi connectivity index (χ1n) is 5.21. The molecule has 0 spiro atoms. The second-order valence-corrected chi connectivity index (χ2v) is 3.64. The molecule has 0 saturated heterocycles. The van der Waals surface area contributed by atoms with Gasteiger partial charge in [-0.2, -0.15) is 26.3 Å². The molecule has 9 heteroatoms. The summed E-state index contributed by atoms with van der Waals surface area (Å²) in [7, 11) is 0. The molecule has 0 unspecified atom stereocenters. The molecule has 0 bridgehead atoms. The first kappa shape index (κ1) is 17.0. The molecule has 3 nitrogen and oxygen atoms in total. The molecule has 1 amide bonds. The fourth-order valence-electron chi connectivity index (χ4n) is 1.06. The van der Waals surface area contributed by atoms with Gasteiger partial charge in [-0.15, -0.1) is 0 Å². The van der Waals surface area contributed by atoms with Gasteiger partial charge >= 0.3 is 12.4 Å². The van der Waals surface area contributed by atoms with Gasteiger partial charge in [0.05, 0.1) is 13.1 Å². The molecule has 0 aliphatic carbocycles. The van der Waals surface area contributed by atoms with Gasteiger partial charge in [-0.3, -0.25) is 4.79 Å². The summed E-state index contributed by atoms with van der Waals surface area (Å²) in [6, 6.07) is 0. The fraction of sp³-hybridized carbons (Fsp3) is 0.889. The van der Waals surface area contributed by atoms with E-state index < -0.39 is 37.8 Å². The van der Waals surface area contributed by atoms with Gasteiger partial charge in [0.25, 0.3) is 0 Å². The summed E-state index contributed by atoms with van der Waals surface area (Å²) in [5.74, 6) is -0.675. The van der Waals surface area contributed by atoms with Crippen molar-refractivity contribution in [3.63, 3.8) is 0 Å². The number of hydrogen-bond acceptors (Lipinski definition) is 2. The Bertz CT molecular complexity index is 250. The summed E-state index contributed by atoms with van der Waals surface area (Å²) in [5, 5.41) is 4.09. The van der Waals surface area contributed by atoms with E-state index in [1.54, 1.807) is 0 Å². The SMILES string of the molecule is O=C(CNCC(F)(F)F)NCCCCC(F)(F)F. The Morgan fingerprint density at radius 3 is 2.06 bits per heavy atom. The second-order valence-electron chi connectivity index (χ2n) is 3.64. The van der Waals surface area contributed by atoms with Crippen molar-refractivity contribution in [3.05, 3.63) is 0 Å². The van der Waals surface area contributed by atoms with Gasteiger partial charge in [0, 0.05) is 13.0 Å². The molecule has 18 heavy (non-hydrogen) atoms. The van der Waals surface area contributed by atoms with Crippen LogP contribution in [0.3, 0.4) is 0 Å². The summed E-state index contributed by atoms with van der Waals surface area (Å²) >= 11 is 0. The van der Waals surface area contributed by atoms with E-state index in [1.807, 2.05) is 5.32 Å². The Labute approximate surface area is 99.9 Å². The zero-order valence-corrected chi connectivity index (χ0v) is 9.42. The van der Waals surface area contributed by atoms with Crippen LogP contribution >= 0.6 is 0 Å². The Balaban J connectivity index is 3.44. The first-order chi connectivity index (χ1) is 8.10. The minimum absolute atomic E-state index is 0.0165. The molecule has 0 aromatic carbocycles. The maximum absolute atomic E-state index is 11.7. The van der Waals surface area contributed by atoms with E-state index in [0.717, 1.165) is 0 Å². The smallest absolute Gasteiger partial charge is 0.355 e. The largest absolute Gasteiger partial charge is 0.401 e. The normalized spacial score (nSPS) is 12.6. The number of alkyl halides is 6. The predicted octanol–water partition coefficient (Wildman–Crippen LogP) is 1.99. The van der Waals surface area contributed by atoms with E-state index in [0.29, 0.717) is 0 Å². The van der Waals surface area contributed by atoms with Gasteiger partial charge in [0.2, 0.25) is 5.91 Å². The van der Waals surface area contributed by atoms with Crippen LogP contribution in [-0.4, -0.2) is 37.9 Å². The highest BCUT2D eigenvalue weighted by molar-refractivity contribution is 5.77. The second kappa shape index (κ2) is 7.45. The topological polar surface area (TPSA) is 41.1 Å². The van der Waals surface area contributed by atoms with Gasteiger partial charge in [0.1, 0.15) is 0 Å². The Hall–Kier alpha value is -0.990. The lowest BCUT2D eigenvalue weighted by Gasteiger charge is -2.09. The molecule has 0 atom stereocenters. The quantitative estimate of drug-likeness (QED) is 0.553. The third-order valence-corrected chi connectivity index (χ3v) is 1.82. The minimum Gasteiger partial charge on any atom is -0.355 e. The van der Waals surface area contributed by atoms with E-state index in [4.69, 9.17) is 0 Å². The van der Waals surface area contributed by atoms with Crippen LogP contribution in [0.1, 0.15) is 19.3 Å². The van der Waals surface area contributed by atoms with Crippen molar-refractivity contribution in [1.82, 2.24) is 10.6 Å². The van der Waals surface area contributed by atoms with E-state index in [2.05, 4.69) is 5.32 Å². The van der Waals surface area contributed by atoms with Crippen LogP contribution in [-0.2, 0) is 4.79 Å². The van der Waals surface area contributed by atoms with Crippen molar-refractivity contribution in [2.75, 3.05) is 19.6 Å². The molecule has 0 aliphatic heterocycles. The average Bonchev–Trinajstić information content (AvgIpc) is 2.13.